The average Bonchev–Trinajstić information content (AvgIpc) is 3.41. The van der Waals surface area contributed by atoms with E-state index < -0.39 is 0 Å². The molecule has 0 radical (unpaired) electrons. The quantitative estimate of drug-likeness (QED) is 0.480. The van der Waals surface area contributed by atoms with Crippen LogP contribution in [0.1, 0.15) is 38.7 Å². The van der Waals surface area contributed by atoms with Crippen molar-refractivity contribution >= 4 is 40.3 Å². The van der Waals surface area contributed by atoms with Crippen molar-refractivity contribution < 1.29 is 4.79 Å². The van der Waals surface area contributed by atoms with Crippen LogP contribution in [0.15, 0.2) is 39.9 Å². The zero-order valence-corrected chi connectivity index (χ0v) is 19.8. The van der Waals surface area contributed by atoms with E-state index >= 15 is 0 Å². The predicted octanol–water partition coefficient (Wildman–Crippen LogP) is 4.72. The summed E-state index contributed by atoms with van der Waals surface area (Å²) in [5.74, 6) is 0.921. The Hall–Kier alpha value is -1.74. The second-order valence-corrected chi connectivity index (χ2v) is 10.3. The van der Waals surface area contributed by atoms with Gasteiger partial charge in [0, 0.05) is 54.1 Å². The van der Waals surface area contributed by atoms with Crippen LogP contribution >= 0.6 is 34.4 Å². The topological polar surface area (TPSA) is 49.3 Å². The number of rotatable bonds is 7. The molecular formula is C22H26N4OS3. The number of thiazole rings is 2. The van der Waals surface area contributed by atoms with Crippen molar-refractivity contribution in [2.24, 2.45) is 0 Å². The van der Waals surface area contributed by atoms with Gasteiger partial charge in [-0.2, -0.15) is 0 Å². The van der Waals surface area contributed by atoms with Crippen LogP contribution in [0.25, 0.3) is 0 Å². The molecule has 0 aliphatic carbocycles. The molecule has 4 rings (SSSR count). The smallest absolute Gasteiger partial charge is 0.255 e. The molecular weight excluding hydrogens is 432 g/mol. The third-order valence-corrected chi connectivity index (χ3v) is 8.08. The molecule has 5 nitrogen and oxygen atoms in total. The lowest BCUT2D eigenvalue weighted by Gasteiger charge is -2.34. The lowest BCUT2D eigenvalue weighted by atomic mass is 10.1. The van der Waals surface area contributed by atoms with Gasteiger partial charge < -0.3 is 4.90 Å². The normalized spacial score (nSPS) is 14.9. The number of hydrogen-bond acceptors (Lipinski definition) is 7. The van der Waals surface area contributed by atoms with E-state index in [4.69, 9.17) is 0 Å². The van der Waals surface area contributed by atoms with Gasteiger partial charge >= 0.3 is 0 Å². The van der Waals surface area contributed by atoms with Crippen LogP contribution < -0.4 is 0 Å². The summed E-state index contributed by atoms with van der Waals surface area (Å²) in [7, 11) is 0. The SMILES string of the molecule is CCc1nc(CN2CCN(C(=O)c3ccccc3SCc3csc(C)n3)CC2)cs1. The largest absolute Gasteiger partial charge is 0.336 e. The van der Waals surface area contributed by atoms with E-state index in [0.717, 1.165) is 71.8 Å². The van der Waals surface area contributed by atoms with Gasteiger partial charge in [0.2, 0.25) is 0 Å². The van der Waals surface area contributed by atoms with E-state index in [0.29, 0.717) is 0 Å². The summed E-state index contributed by atoms with van der Waals surface area (Å²) in [6.45, 7) is 8.32. The number of amides is 1. The highest BCUT2D eigenvalue weighted by atomic mass is 32.2. The highest BCUT2D eigenvalue weighted by molar-refractivity contribution is 7.98. The number of aromatic nitrogens is 2. The molecule has 0 spiro atoms. The van der Waals surface area contributed by atoms with Crippen molar-refractivity contribution in [3.8, 4) is 0 Å². The average molecular weight is 459 g/mol. The third kappa shape index (κ3) is 5.29. The van der Waals surface area contributed by atoms with E-state index in [1.54, 1.807) is 34.4 Å². The molecule has 0 N–H and O–H groups in total. The van der Waals surface area contributed by atoms with E-state index in [1.165, 1.54) is 5.01 Å². The van der Waals surface area contributed by atoms with Crippen LogP contribution in [0.5, 0.6) is 0 Å². The molecule has 3 aromatic rings. The van der Waals surface area contributed by atoms with Crippen molar-refractivity contribution in [2.45, 2.75) is 37.5 Å². The van der Waals surface area contributed by atoms with E-state index in [9.17, 15) is 4.79 Å². The van der Waals surface area contributed by atoms with Gasteiger partial charge in [0.15, 0.2) is 0 Å². The van der Waals surface area contributed by atoms with Crippen molar-refractivity contribution in [3.63, 3.8) is 0 Å². The van der Waals surface area contributed by atoms with Gasteiger partial charge in [-0.1, -0.05) is 19.1 Å². The Morgan fingerprint density at radius 3 is 2.53 bits per heavy atom. The van der Waals surface area contributed by atoms with Gasteiger partial charge in [-0.05, 0) is 25.5 Å². The maximum Gasteiger partial charge on any atom is 0.255 e. The van der Waals surface area contributed by atoms with Gasteiger partial charge in [0.05, 0.1) is 27.0 Å². The fourth-order valence-corrected chi connectivity index (χ4v) is 5.88. The van der Waals surface area contributed by atoms with E-state index in [1.807, 2.05) is 36.1 Å². The molecule has 1 fully saturated rings. The Balaban J connectivity index is 1.34. The fraction of sp³-hybridized carbons (Fsp3) is 0.409. The molecule has 158 valence electrons. The van der Waals surface area contributed by atoms with Gasteiger partial charge in [-0.15, -0.1) is 34.4 Å². The first-order valence-corrected chi connectivity index (χ1v) is 12.9. The van der Waals surface area contributed by atoms with Gasteiger partial charge in [-0.25, -0.2) is 9.97 Å². The molecule has 0 atom stereocenters. The summed E-state index contributed by atoms with van der Waals surface area (Å²) in [5.41, 5.74) is 3.03. The van der Waals surface area contributed by atoms with E-state index in [2.05, 4.69) is 32.6 Å². The van der Waals surface area contributed by atoms with Crippen LogP contribution in [-0.4, -0.2) is 51.9 Å². The number of piperazine rings is 1. The predicted molar refractivity (Wildman–Crippen MR) is 126 cm³/mol. The summed E-state index contributed by atoms with van der Waals surface area (Å²) in [4.78, 5) is 27.8. The summed E-state index contributed by atoms with van der Waals surface area (Å²) in [6.07, 6.45) is 0.993. The Labute approximate surface area is 190 Å². The highest BCUT2D eigenvalue weighted by Gasteiger charge is 2.24. The first-order chi connectivity index (χ1) is 14.6. The van der Waals surface area contributed by atoms with Gasteiger partial charge in [-0.3, -0.25) is 9.69 Å². The molecule has 0 bridgehead atoms. The maximum atomic E-state index is 13.2. The Morgan fingerprint density at radius 1 is 1.07 bits per heavy atom. The van der Waals surface area contributed by atoms with Crippen LogP contribution in [0.4, 0.5) is 0 Å². The number of hydrogen-bond donors (Lipinski definition) is 0. The lowest BCUT2D eigenvalue weighted by molar-refractivity contribution is 0.0624. The molecule has 30 heavy (non-hydrogen) atoms. The van der Waals surface area contributed by atoms with Crippen LogP contribution in [0, 0.1) is 6.92 Å². The summed E-state index contributed by atoms with van der Waals surface area (Å²) in [5, 5.41) is 6.53. The number of nitrogens with zero attached hydrogens (tertiary/aromatic N) is 4. The molecule has 1 amide bonds. The standard InChI is InChI=1S/C22H26N4OS3/c1-3-21-24-17(13-30-21)12-25-8-10-26(11-9-25)22(27)19-6-4-5-7-20(19)29-15-18-14-28-16(2)23-18/h4-7,13-14H,3,8-12,15H2,1-2H3. The third-order valence-electron chi connectivity index (χ3n) is 5.11. The van der Waals surface area contributed by atoms with Crippen LogP contribution in [0.2, 0.25) is 0 Å². The number of aryl methyl sites for hydroxylation is 2. The minimum Gasteiger partial charge on any atom is -0.336 e. The minimum absolute atomic E-state index is 0.133. The molecule has 1 saturated heterocycles. The zero-order valence-electron chi connectivity index (χ0n) is 17.3. The Bertz CT molecular complexity index is 992. The lowest BCUT2D eigenvalue weighted by Crippen LogP contribution is -2.48. The molecule has 8 heteroatoms. The first-order valence-electron chi connectivity index (χ1n) is 10.2. The molecule has 0 saturated carbocycles. The molecule has 1 aliphatic heterocycles. The second-order valence-electron chi connectivity index (χ2n) is 7.30. The summed E-state index contributed by atoms with van der Waals surface area (Å²) >= 11 is 5.10. The first kappa shape index (κ1) is 21.5. The van der Waals surface area contributed by atoms with Crippen molar-refractivity contribution in [1.82, 2.24) is 19.8 Å². The Morgan fingerprint density at radius 2 is 1.83 bits per heavy atom. The number of carbonyl (C=O) groups is 1. The highest BCUT2D eigenvalue weighted by Crippen LogP contribution is 2.28. The minimum atomic E-state index is 0.133. The summed E-state index contributed by atoms with van der Waals surface area (Å²) < 4.78 is 0. The van der Waals surface area contributed by atoms with Crippen molar-refractivity contribution in [2.75, 3.05) is 26.2 Å². The van der Waals surface area contributed by atoms with Crippen molar-refractivity contribution in [1.29, 1.82) is 0 Å². The Kier molecular flexibility index (Phi) is 7.20. The number of benzene rings is 1. The summed E-state index contributed by atoms with van der Waals surface area (Å²) in [6, 6.07) is 7.95. The molecule has 2 aromatic heterocycles. The van der Waals surface area contributed by atoms with Crippen LogP contribution in [-0.2, 0) is 18.7 Å². The van der Waals surface area contributed by atoms with Gasteiger partial charge in [0.1, 0.15) is 0 Å². The second kappa shape index (κ2) is 10.0. The molecule has 3 heterocycles. The zero-order chi connectivity index (χ0) is 20.9. The van der Waals surface area contributed by atoms with Crippen LogP contribution in [0.3, 0.4) is 0 Å². The van der Waals surface area contributed by atoms with Crippen molar-refractivity contribution in [3.05, 3.63) is 62.0 Å². The number of carbonyl (C=O) groups excluding carboxylic acids is 1. The van der Waals surface area contributed by atoms with E-state index in [-0.39, 0.29) is 5.91 Å². The number of thioether (sulfide) groups is 1. The monoisotopic (exact) mass is 458 g/mol. The molecule has 1 aliphatic rings. The maximum absolute atomic E-state index is 13.2. The van der Waals surface area contributed by atoms with Gasteiger partial charge in [0.25, 0.3) is 5.91 Å². The fourth-order valence-electron chi connectivity index (χ4n) is 3.49. The molecule has 1 aromatic carbocycles. The molecule has 0 unspecified atom stereocenters.